The van der Waals surface area contributed by atoms with Crippen molar-refractivity contribution in [3.05, 3.63) is 30.1 Å². The average Bonchev–Trinajstić information content (AvgIpc) is 2.46. The van der Waals surface area contributed by atoms with Gasteiger partial charge in [-0.3, -0.25) is 14.6 Å². The molecule has 0 aliphatic carbocycles. The van der Waals surface area contributed by atoms with E-state index in [4.69, 9.17) is 0 Å². The second-order valence-corrected chi connectivity index (χ2v) is 4.05. The van der Waals surface area contributed by atoms with E-state index < -0.39 is 0 Å². The summed E-state index contributed by atoms with van der Waals surface area (Å²) < 4.78 is 0. The third-order valence-electron chi connectivity index (χ3n) is 2.81. The lowest BCUT2D eigenvalue weighted by Crippen LogP contribution is -2.49. The molecule has 1 fully saturated rings. The Morgan fingerprint density at radius 2 is 1.94 bits per heavy atom. The Hall–Kier alpha value is -1.95. The first-order valence-corrected chi connectivity index (χ1v) is 5.94. The fourth-order valence-corrected chi connectivity index (χ4v) is 1.79. The van der Waals surface area contributed by atoms with Crippen LogP contribution in [0.3, 0.4) is 0 Å². The van der Waals surface area contributed by atoms with Gasteiger partial charge in [-0.05, 0) is 12.1 Å². The van der Waals surface area contributed by atoms with Gasteiger partial charge in [0.05, 0.1) is 6.54 Å². The lowest BCUT2D eigenvalue weighted by atomic mass is 10.2. The van der Waals surface area contributed by atoms with E-state index in [0.29, 0.717) is 18.7 Å². The summed E-state index contributed by atoms with van der Waals surface area (Å²) in [6.45, 7) is 3.06. The van der Waals surface area contributed by atoms with Gasteiger partial charge in [-0.25, -0.2) is 0 Å². The van der Waals surface area contributed by atoms with Gasteiger partial charge in [0.15, 0.2) is 0 Å². The fraction of sp³-hybridized carbons (Fsp3) is 0.417. The van der Waals surface area contributed by atoms with Crippen LogP contribution in [-0.2, 0) is 4.79 Å². The van der Waals surface area contributed by atoms with Gasteiger partial charge in [0.25, 0.3) is 5.91 Å². The van der Waals surface area contributed by atoms with Crippen LogP contribution in [0, 0.1) is 0 Å². The molecule has 0 bridgehead atoms. The molecule has 0 radical (unpaired) electrons. The van der Waals surface area contributed by atoms with E-state index in [-0.39, 0.29) is 18.4 Å². The van der Waals surface area contributed by atoms with Crippen molar-refractivity contribution in [3.63, 3.8) is 0 Å². The van der Waals surface area contributed by atoms with Crippen LogP contribution in [0.4, 0.5) is 0 Å². The molecule has 2 heterocycles. The van der Waals surface area contributed by atoms with E-state index in [0.717, 1.165) is 13.1 Å². The maximum absolute atomic E-state index is 11.8. The summed E-state index contributed by atoms with van der Waals surface area (Å²) >= 11 is 0. The minimum Gasteiger partial charge on any atom is -0.343 e. The zero-order valence-corrected chi connectivity index (χ0v) is 10.1. The van der Waals surface area contributed by atoms with Crippen molar-refractivity contribution in [2.75, 3.05) is 32.7 Å². The SMILES string of the molecule is O=C(NCC(=O)N1CCNCC1)c1ccncc1. The number of pyridine rings is 1. The van der Waals surface area contributed by atoms with Crippen LogP contribution in [-0.4, -0.2) is 54.4 Å². The standard InChI is InChI=1S/C12H16N4O2/c17-11(16-7-5-14-6-8-16)9-15-12(18)10-1-3-13-4-2-10/h1-4,14H,5-9H2,(H,15,18). The highest BCUT2D eigenvalue weighted by Crippen LogP contribution is 1.96. The number of nitrogens with zero attached hydrogens (tertiary/aromatic N) is 2. The predicted octanol–water partition coefficient (Wildman–Crippen LogP) is -0.757. The molecule has 1 aromatic heterocycles. The molecule has 96 valence electrons. The maximum Gasteiger partial charge on any atom is 0.251 e. The molecule has 2 amide bonds. The number of aromatic nitrogens is 1. The van der Waals surface area contributed by atoms with E-state index in [9.17, 15) is 9.59 Å². The van der Waals surface area contributed by atoms with E-state index >= 15 is 0 Å². The van der Waals surface area contributed by atoms with Gasteiger partial charge in [0.2, 0.25) is 5.91 Å². The van der Waals surface area contributed by atoms with Crippen LogP contribution in [0.15, 0.2) is 24.5 Å². The molecule has 6 nitrogen and oxygen atoms in total. The molecular weight excluding hydrogens is 232 g/mol. The summed E-state index contributed by atoms with van der Waals surface area (Å²) in [4.78, 5) is 29.1. The summed E-state index contributed by atoms with van der Waals surface area (Å²) in [5.41, 5.74) is 0.512. The van der Waals surface area contributed by atoms with Crippen LogP contribution in [0.2, 0.25) is 0 Å². The normalized spacial score (nSPS) is 15.2. The number of carbonyl (C=O) groups is 2. The predicted molar refractivity (Wildman–Crippen MR) is 66.0 cm³/mol. The molecule has 18 heavy (non-hydrogen) atoms. The number of nitrogens with one attached hydrogen (secondary N) is 2. The fourth-order valence-electron chi connectivity index (χ4n) is 1.79. The molecule has 2 rings (SSSR count). The second-order valence-electron chi connectivity index (χ2n) is 4.05. The third-order valence-corrected chi connectivity index (χ3v) is 2.81. The summed E-state index contributed by atoms with van der Waals surface area (Å²) in [6.07, 6.45) is 3.10. The zero-order chi connectivity index (χ0) is 12.8. The van der Waals surface area contributed by atoms with Crippen LogP contribution in [0.25, 0.3) is 0 Å². The monoisotopic (exact) mass is 248 g/mol. The first-order valence-electron chi connectivity index (χ1n) is 5.94. The number of hydrogen-bond acceptors (Lipinski definition) is 4. The molecule has 1 aliphatic heterocycles. The van der Waals surface area contributed by atoms with Gasteiger partial charge >= 0.3 is 0 Å². The number of carbonyl (C=O) groups excluding carboxylic acids is 2. The van der Waals surface area contributed by atoms with Crippen LogP contribution < -0.4 is 10.6 Å². The molecule has 0 unspecified atom stereocenters. The number of hydrogen-bond donors (Lipinski definition) is 2. The topological polar surface area (TPSA) is 74.3 Å². The minimum atomic E-state index is -0.249. The number of amides is 2. The summed E-state index contributed by atoms with van der Waals surface area (Å²) in [5.74, 6) is -0.292. The van der Waals surface area contributed by atoms with Crippen molar-refractivity contribution in [1.82, 2.24) is 20.5 Å². The lowest BCUT2D eigenvalue weighted by Gasteiger charge is -2.27. The Bertz CT molecular complexity index is 415. The van der Waals surface area contributed by atoms with Crippen molar-refractivity contribution in [3.8, 4) is 0 Å². The van der Waals surface area contributed by atoms with Crippen LogP contribution >= 0.6 is 0 Å². The van der Waals surface area contributed by atoms with Gasteiger partial charge < -0.3 is 15.5 Å². The van der Waals surface area contributed by atoms with Gasteiger partial charge in [-0.1, -0.05) is 0 Å². The van der Waals surface area contributed by atoms with Crippen molar-refractivity contribution in [2.24, 2.45) is 0 Å². The first-order chi connectivity index (χ1) is 8.77. The molecule has 6 heteroatoms. The van der Waals surface area contributed by atoms with Crippen molar-refractivity contribution in [1.29, 1.82) is 0 Å². The maximum atomic E-state index is 11.8. The molecule has 0 aromatic carbocycles. The van der Waals surface area contributed by atoms with Crippen LogP contribution in [0.5, 0.6) is 0 Å². The molecule has 2 N–H and O–H groups in total. The van der Waals surface area contributed by atoms with E-state index in [1.807, 2.05) is 0 Å². The zero-order valence-electron chi connectivity index (χ0n) is 10.1. The lowest BCUT2D eigenvalue weighted by molar-refractivity contribution is -0.130. The van der Waals surface area contributed by atoms with Gasteiger partial charge in [-0.2, -0.15) is 0 Å². The highest BCUT2D eigenvalue weighted by Gasteiger charge is 2.16. The Kier molecular flexibility index (Phi) is 4.25. The Labute approximate surface area is 105 Å². The molecule has 1 aromatic rings. The van der Waals surface area contributed by atoms with Crippen LogP contribution in [0.1, 0.15) is 10.4 Å². The third kappa shape index (κ3) is 3.27. The molecule has 0 atom stereocenters. The largest absolute Gasteiger partial charge is 0.343 e. The number of rotatable bonds is 3. The summed E-state index contributed by atoms with van der Waals surface area (Å²) in [5, 5.41) is 5.79. The second kappa shape index (κ2) is 6.11. The molecule has 0 saturated carbocycles. The molecule has 1 saturated heterocycles. The first kappa shape index (κ1) is 12.5. The Morgan fingerprint density at radius 3 is 2.61 bits per heavy atom. The van der Waals surface area contributed by atoms with Gasteiger partial charge in [0.1, 0.15) is 0 Å². The molecule has 1 aliphatic rings. The quantitative estimate of drug-likeness (QED) is 0.737. The van der Waals surface area contributed by atoms with E-state index in [1.165, 1.54) is 0 Å². The van der Waals surface area contributed by atoms with Gasteiger partial charge in [0, 0.05) is 44.1 Å². The van der Waals surface area contributed by atoms with Gasteiger partial charge in [-0.15, -0.1) is 0 Å². The highest BCUT2D eigenvalue weighted by molar-refractivity contribution is 5.96. The van der Waals surface area contributed by atoms with E-state index in [2.05, 4.69) is 15.6 Å². The smallest absolute Gasteiger partial charge is 0.251 e. The Morgan fingerprint density at radius 1 is 1.28 bits per heavy atom. The molecule has 0 spiro atoms. The minimum absolute atomic E-state index is 0.0427. The van der Waals surface area contributed by atoms with E-state index in [1.54, 1.807) is 29.4 Å². The Balaban J connectivity index is 1.80. The highest BCUT2D eigenvalue weighted by atomic mass is 16.2. The average molecular weight is 248 g/mol. The summed E-state index contributed by atoms with van der Waals surface area (Å²) in [7, 11) is 0. The summed E-state index contributed by atoms with van der Waals surface area (Å²) in [6, 6.07) is 3.23. The van der Waals surface area contributed by atoms with Crippen molar-refractivity contribution >= 4 is 11.8 Å². The van der Waals surface area contributed by atoms with Crippen molar-refractivity contribution < 1.29 is 9.59 Å². The molecular formula is C12H16N4O2. The number of piperazine rings is 1. The van der Waals surface area contributed by atoms with Crippen molar-refractivity contribution in [2.45, 2.75) is 0 Å².